The molecule has 0 aromatic rings. The van der Waals surface area contributed by atoms with Gasteiger partial charge in [-0.3, -0.25) is 4.79 Å². The van der Waals surface area contributed by atoms with Gasteiger partial charge in [0.1, 0.15) is 5.54 Å². The molecule has 0 heterocycles. The summed E-state index contributed by atoms with van der Waals surface area (Å²) in [6.07, 6.45) is 3.23. The van der Waals surface area contributed by atoms with Crippen molar-refractivity contribution >= 4 is 5.97 Å². The summed E-state index contributed by atoms with van der Waals surface area (Å²) >= 11 is 0. The minimum atomic E-state index is -1.02. The van der Waals surface area contributed by atoms with Gasteiger partial charge in [-0.25, -0.2) is 0 Å². The number of carboxylic acids is 1. The van der Waals surface area contributed by atoms with Crippen LogP contribution in [0.15, 0.2) is 0 Å². The van der Waals surface area contributed by atoms with Gasteiger partial charge >= 0.3 is 5.97 Å². The average Bonchev–Trinajstić information content (AvgIpc) is 2.12. The molecule has 0 aromatic heterocycles. The fourth-order valence-electron chi connectivity index (χ4n) is 1.79. The summed E-state index contributed by atoms with van der Waals surface area (Å²) in [7, 11) is 0. The Bertz CT molecular complexity index is 170. The van der Waals surface area contributed by atoms with Gasteiger partial charge in [0.05, 0.1) is 0 Å². The fraction of sp³-hybridized carbons (Fsp3) is 0.900. The third-order valence-electron chi connectivity index (χ3n) is 2.84. The van der Waals surface area contributed by atoms with Gasteiger partial charge in [0, 0.05) is 0 Å². The topological polar surface area (TPSA) is 63.3 Å². The largest absolute Gasteiger partial charge is 0.480 e. The number of hydrogen-bond acceptors (Lipinski definition) is 2. The van der Waals surface area contributed by atoms with E-state index in [0.29, 0.717) is 6.42 Å². The first-order valence-corrected chi connectivity index (χ1v) is 5.05. The lowest BCUT2D eigenvalue weighted by atomic mass is 9.78. The third-order valence-corrected chi connectivity index (χ3v) is 2.84. The molecule has 0 spiro atoms. The van der Waals surface area contributed by atoms with Crippen LogP contribution < -0.4 is 5.73 Å². The number of aliphatic carboxylic acids is 1. The molecular weight excluding hydrogens is 166 g/mol. The van der Waals surface area contributed by atoms with Gasteiger partial charge in [-0.1, -0.05) is 33.6 Å². The molecule has 13 heavy (non-hydrogen) atoms. The molecule has 2 atom stereocenters. The van der Waals surface area contributed by atoms with Gasteiger partial charge < -0.3 is 10.8 Å². The molecule has 3 nitrogen and oxygen atoms in total. The Morgan fingerprint density at radius 3 is 2.23 bits per heavy atom. The lowest BCUT2D eigenvalue weighted by molar-refractivity contribution is -0.146. The van der Waals surface area contributed by atoms with Gasteiger partial charge in [0.25, 0.3) is 0 Å². The van der Waals surface area contributed by atoms with E-state index in [2.05, 4.69) is 6.92 Å². The van der Waals surface area contributed by atoms with E-state index in [1.165, 1.54) is 0 Å². The average molecular weight is 187 g/mol. The number of rotatable bonds is 6. The Morgan fingerprint density at radius 1 is 1.46 bits per heavy atom. The van der Waals surface area contributed by atoms with Crippen molar-refractivity contribution in [3.63, 3.8) is 0 Å². The van der Waals surface area contributed by atoms with Crippen LogP contribution in [0, 0.1) is 5.92 Å². The first-order valence-electron chi connectivity index (χ1n) is 5.05. The van der Waals surface area contributed by atoms with Crippen molar-refractivity contribution in [2.75, 3.05) is 0 Å². The second-order valence-electron chi connectivity index (χ2n) is 3.59. The normalized spacial score (nSPS) is 17.8. The standard InChI is InChI=1S/C10H21NO2/c1-4-7-8(5-2)10(11,6-3)9(12)13/h8H,4-7,11H2,1-3H3,(H,12,13). The summed E-state index contributed by atoms with van der Waals surface area (Å²) < 4.78 is 0. The lowest BCUT2D eigenvalue weighted by Crippen LogP contribution is -2.53. The lowest BCUT2D eigenvalue weighted by Gasteiger charge is -2.32. The summed E-state index contributed by atoms with van der Waals surface area (Å²) in [6, 6.07) is 0. The summed E-state index contributed by atoms with van der Waals surface area (Å²) in [4.78, 5) is 11.0. The molecular formula is C10H21NO2. The van der Waals surface area contributed by atoms with Gasteiger partial charge in [0.2, 0.25) is 0 Å². The Balaban J connectivity index is 4.58. The van der Waals surface area contributed by atoms with Crippen LogP contribution in [0.25, 0.3) is 0 Å². The van der Waals surface area contributed by atoms with Crippen molar-refractivity contribution < 1.29 is 9.90 Å². The van der Waals surface area contributed by atoms with Crippen molar-refractivity contribution in [1.82, 2.24) is 0 Å². The maximum Gasteiger partial charge on any atom is 0.323 e. The highest BCUT2D eigenvalue weighted by atomic mass is 16.4. The SMILES string of the molecule is CCCC(CC)C(N)(CC)C(=O)O. The number of nitrogens with two attached hydrogens (primary N) is 1. The molecule has 78 valence electrons. The second kappa shape index (κ2) is 5.22. The number of hydrogen-bond donors (Lipinski definition) is 2. The van der Waals surface area contributed by atoms with E-state index in [1.54, 1.807) is 0 Å². The Morgan fingerprint density at radius 2 is 2.00 bits per heavy atom. The van der Waals surface area contributed by atoms with Crippen molar-refractivity contribution in [3.8, 4) is 0 Å². The molecule has 0 rings (SSSR count). The van der Waals surface area contributed by atoms with E-state index in [-0.39, 0.29) is 5.92 Å². The molecule has 0 aliphatic rings. The van der Waals surface area contributed by atoms with Crippen LogP contribution in [0.5, 0.6) is 0 Å². The molecule has 0 aliphatic carbocycles. The Hall–Kier alpha value is -0.570. The van der Waals surface area contributed by atoms with Crippen LogP contribution in [-0.4, -0.2) is 16.6 Å². The van der Waals surface area contributed by atoms with E-state index in [9.17, 15) is 4.79 Å². The highest BCUT2D eigenvalue weighted by Gasteiger charge is 2.38. The summed E-state index contributed by atoms with van der Waals surface area (Å²) in [6.45, 7) is 5.90. The van der Waals surface area contributed by atoms with E-state index in [4.69, 9.17) is 10.8 Å². The quantitative estimate of drug-likeness (QED) is 0.668. The predicted octanol–water partition coefficient (Wildman–Crippen LogP) is 2.00. The molecule has 2 unspecified atom stereocenters. The first kappa shape index (κ1) is 12.4. The summed E-state index contributed by atoms with van der Waals surface area (Å²) in [5.74, 6) is -0.768. The monoisotopic (exact) mass is 187 g/mol. The van der Waals surface area contributed by atoms with E-state index in [1.807, 2.05) is 13.8 Å². The van der Waals surface area contributed by atoms with Crippen molar-refractivity contribution in [1.29, 1.82) is 0 Å². The first-order chi connectivity index (χ1) is 6.02. The highest BCUT2D eigenvalue weighted by molar-refractivity contribution is 5.78. The van der Waals surface area contributed by atoms with Gasteiger partial charge in [-0.05, 0) is 18.8 Å². The van der Waals surface area contributed by atoms with Crippen LogP contribution in [-0.2, 0) is 4.79 Å². The molecule has 0 saturated carbocycles. The molecule has 3 N–H and O–H groups in total. The minimum Gasteiger partial charge on any atom is -0.480 e. The van der Waals surface area contributed by atoms with E-state index in [0.717, 1.165) is 19.3 Å². The molecule has 0 aliphatic heterocycles. The molecule has 0 aromatic carbocycles. The van der Waals surface area contributed by atoms with Crippen LogP contribution >= 0.6 is 0 Å². The molecule has 0 fully saturated rings. The van der Waals surface area contributed by atoms with Crippen LogP contribution in [0.2, 0.25) is 0 Å². The van der Waals surface area contributed by atoms with Crippen LogP contribution in [0.1, 0.15) is 46.5 Å². The number of carbonyl (C=O) groups is 1. The van der Waals surface area contributed by atoms with Crippen molar-refractivity contribution in [2.24, 2.45) is 11.7 Å². The summed E-state index contributed by atoms with van der Waals surface area (Å²) in [5.41, 5.74) is 4.86. The van der Waals surface area contributed by atoms with Crippen LogP contribution in [0.3, 0.4) is 0 Å². The third kappa shape index (κ3) is 2.69. The molecule has 0 bridgehead atoms. The minimum absolute atomic E-state index is 0.0972. The van der Waals surface area contributed by atoms with E-state index < -0.39 is 11.5 Å². The maximum atomic E-state index is 11.0. The van der Waals surface area contributed by atoms with Gasteiger partial charge in [-0.15, -0.1) is 0 Å². The second-order valence-corrected chi connectivity index (χ2v) is 3.59. The highest BCUT2D eigenvalue weighted by Crippen LogP contribution is 2.26. The smallest absolute Gasteiger partial charge is 0.323 e. The zero-order valence-corrected chi connectivity index (χ0v) is 8.84. The Kier molecular flexibility index (Phi) is 4.99. The summed E-state index contributed by atoms with van der Waals surface area (Å²) in [5, 5.41) is 9.04. The van der Waals surface area contributed by atoms with Crippen LogP contribution in [0.4, 0.5) is 0 Å². The fourth-order valence-corrected chi connectivity index (χ4v) is 1.79. The molecule has 0 radical (unpaired) electrons. The Labute approximate surface area is 80.3 Å². The number of carboxylic acid groups (broad SMARTS) is 1. The predicted molar refractivity (Wildman–Crippen MR) is 53.5 cm³/mol. The zero-order chi connectivity index (χ0) is 10.5. The molecule has 0 saturated heterocycles. The van der Waals surface area contributed by atoms with Gasteiger partial charge in [0.15, 0.2) is 0 Å². The zero-order valence-electron chi connectivity index (χ0n) is 8.84. The van der Waals surface area contributed by atoms with E-state index >= 15 is 0 Å². The van der Waals surface area contributed by atoms with Gasteiger partial charge in [-0.2, -0.15) is 0 Å². The maximum absolute atomic E-state index is 11.0. The molecule has 3 heteroatoms. The van der Waals surface area contributed by atoms with Crippen molar-refractivity contribution in [2.45, 2.75) is 52.0 Å². The molecule has 0 amide bonds. The van der Waals surface area contributed by atoms with Crippen molar-refractivity contribution in [3.05, 3.63) is 0 Å².